The van der Waals surface area contributed by atoms with Crippen molar-refractivity contribution in [3.8, 4) is 0 Å². The molecule has 2 fully saturated rings. The molecule has 2 atom stereocenters. The Kier molecular flexibility index (Phi) is 6.73. The van der Waals surface area contributed by atoms with Gasteiger partial charge < -0.3 is 20.2 Å². The molecular formula is C20H28ClN3O3. The Labute approximate surface area is 166 Å². The number of nitrogens with one attached hydrogen (secondary N) is 2. The van der Waals surface area contributed by atoms with Gasteiger partial charge in [-0.15, -0.1) is 12.4 Å². The van der Waals surface area contributed by atoms with Gasteiger partial charge >= 0.3 is 0 Å². The van der Waals surface area contributed by atoms with E-state index in [1.807, 2.05) is 18.2 Å². The van der Waals surface area contributed by atoms with Crippen LogP contribution in [0.5, 0.6) is 0 Å². The summed E-state index contributed by atoms with van der Waals surface area (Å²) in [7, 11) is 0. The minimum atomic E-state index is -0.267. The fourth-order valence-electron chi connectivity index (χ4n) is 4.11. The van der Waals surface area contributed by atoms with Crippen LogP contribution in [0.15, 0.2) is 35.5 Å². The second-order valence-electron chi connectivity index (χ2n) is 7.58. The van der Waals surface area contributed by atoms with Gasteiger partial charge in [0.05, 0.1) is 18.8 Å². The average Bonchev–Trinajstić information content (AvgIpc) is 3.29. The first-order valence-electron chi connectivity index (χ1n) is 9.66. The van der Waals surface area contributed by atoms with Crippen LogP contribution in [0, 0.1) is 0 Å². The first-order valence-corrected chi connectivity index (χ1v) is 9.66. The lowest BCUT2D eigenvalue weighted by molar-refractivity contribution is -0.116. The van der Waals surface area contributed by atoms with Crippen LogP contribution in [0.4, 0.5) is 0 Å². The van der Waals surface area contributed by atoms with E-state index in [0.29, 0.717) is 18.7 Å². The van der Waals surface area contributed by atoms with E-state index in [1.165, 1.54) is 0 Å². The monoisotopic (exact) mass is 393 g/mol. The number of benzene rings is 1. The van der Waals surface area contributed by atoms with Gasteiger partial charge in [-0.25, -0.2) is 0 Å². The van der Waals surface area contributed by atoms with Crippen LogP contribution in [-0.4, -0.2) is 42.5 Å². The number of hydrogen-bond donors (Lipinski definition) is 2. The van der Waals surface area contributed by atoms with Gasteiger partial charge in [0.2, 0.25) is 0 Å². The normalized spacial score (nSPS) is 26.1. The highest BCUT2D eigenvalue weighted by molar-refractivity contribution is 6.39. The smallest absolute Gasteiger partial charge is 0.269 e. The Hall–Kier alpha value is -1.63. The third kappa shape index (κ3) is 4.81. The van der Waals surface area contributed by atoms with Crippen molar-refractivity contribution in [2.45, 2.75) is 62.9 Å². The predicted octanol–water partition coefficient (Wildman–Crippen LogP) is 2.56. The Balaban J connectivity index is 0.00000210. The van der Waals surface area contributed by atoms with Crippen molar-refractivity contribution in [3.05, 3.63) is 35.9 Å². The number of piperidine rings is 1. The third-order valence-electron chi connectivity index (χ3n) is 5.69. The molecule has 0 aromatic heterocycles. The summed E-state index contributed by atoms with van der Waals surface area (Å²) in [5, 5.41) is 10.6. The molecule has 2 N–H and O–H groups in total. The molecule has 1 saturated heterocycles. The van der Waals surface area contributed by atoms with Crippen molar-refractivity contribution >= 4 is 24.0 Å². The molecule has 2 aliphatic heterocycles. The summed E-state index contributed by atoms with van der Waals surface area (Å²) in [6.07, 6.45) is 5.49. The molecule has 2 heterocycles. The highest BCUT2D eigenvalue weighted by atomic mass is 35.5. The number of rotatable bonds is 5. The average molecular weight is 394 g/mol. The quantitative estimate of drug-likeness (QED) is 0.806. The zero-order valence-corrected chi connectivity index (χ0v) is 16.3. The van der Waals surface area contributed by atoms with Crippen molar-refractivity contribution in [2.24, 2.45) is 5.16 Å². The summed E-state index contributed by atoms with van der Waals surface area (Å²) in [5.74, 6) is -0.0966. The molecule has 4 rings (SSSR count). The molecule has 148 valence electrons. The molecule has 0 bridgehead atoms. The minimum Gasteiger partial charge on any atom is -0.388 e. The summed E-state index contributed by atoms with van der Waals surface area (Å²) in [6.45, 7) is 2.42. The molecule has 6 nitrogen and oxygen atoms in total. The summed E-state index contributed by atoms with van der Waals surface area (Å²) in [5.41, 5.74) is 1.42. The lowest BCUT2D eigenvalue weighted by Crippen LogP contribution is -2.46. The summed E-state index contributed by atoms with van der Waals surface area (Å²) >= 11 is 0. The molecule has 1 saturated carbocycles. The molecule has 1 aliphatic carbocycles. The highest BCUT2D eigenvalue weighted by Gasteiger charge is 2.42. The van der Waals surface area contributed by atoms with E-state index in [0.717, 1.165) is 50.8 Å². The van der Waals surface area contributed by atoms with Gasteiger partial charge in [-0.2, -0.15) is 0 Å². The summed E-state index contributed by atoms with van der Waals surface area (Å²) in [6, 6.07) is 10.2. The van der Waals surface area contributed by atoms with Gasteiger partial charge in [-0.3, -0.25) is 4.79 Å². The number of nitrogens with zero attached hydrogens (tertiary/aromatic N) is 1. The Morgan fingerprint density at radius 1 is 1.26 bits per heavy atom. The van der Waals surface area contributed by atoms with Crippen LogP contribution in [0.2, 0.25) is 0 Å². The number of hydrogen-bond acceptors (Lipinski definition) is 5. The first-order chi connectivity index (χ1) is 12.7. The zero-order chi connectivity index (χ0) is 17.8. The van der Waals surface area contributed by atoms with Crippen LogP contribution in [0.3, 0.4) is 0 Å². The van der Waals surface area contributed by atoms with E-state index in [9.17, 15) is 4.79 Å². The van der Waals surface area contributed by atoms with Crippen molar-refractivity contribution in [3.63, 3.8) is 0 Å². The van der Waals surface area contributed by atoms with E-state index in [4.69, 9.17) is 9.57 Å². The first kappa shape index (κ1) is 20.1. The van der Waals surface area contributed by atoms with Crippen molar-refractivity contribution in [1.82, 2.24) is 10.6 Å². The predicted molar refractivity (Wildman–Crippen MR) is 106 cm³/mol. The fraction of sp³-hybridized carbons (Fsp3) is 0.600. The van der Waals surface area contributed by atoms with E-state index < -0.39 is 0 Å². The van der Waals surface area contributed by atoms with E-state index >= 15 is 0 Å². The van der Waals surface area contributed by atoms with Gasteiger partial charge in [-0.1, -0.05) is 35.5 Å². The number of ether oxygens (including phenoxy) is 1. The number of carbonyl (C=O) groups is 1. The van der Waals surface area contributed by atoms with Gasteiger partial charge in [-0.05, 0) is 37.9 Å². The van der Waals surface area contributed by atoms with Crippen molar-refractivity contribution in [1.29, 1.82) is 0 Å². The maximum Gasteiger partial charge on any atom is 0.269 e. The molecule has 27 heavy (non-hydrogen) atoms. The van der Waals surface area contributed by atoms with Crippen LogP contribution >= 0.6 is 12.4 Å². The summed E-state index contributed by atoms with van der Waals surface area (Å²) in [4.78, 5) is 18.3. The van der Waals surface area contributed by atoms with E-state index in [1.54, 1.807) is 0 Å². The van der Waals surface area contributed by atoms with Crippen LogP contribution in [-0.2, 0) is 21.0 Å². The van der Waals surface area contributed by atoms with E-state index in [-0.39, 0.29) is 36.1 Å². The molecule has 3 aliphatic rings. The highest BCUT2D eigenvalue weighted by Crippen LogP contribution is 2.32. The molecule has 0 radical (unpaired) electrons. The van der Waals surface area contributed by atoms with E-state index in [2.05, 4.69) is 27.9 Å². The lowest BCUT2D eigenvalue weighted by Gasteiger charge is -2.30. The second-order valence-corrected chi connectivity index (χ2v) is 7.58. The second kappa shape index (κ2) is 9.04. The zero-order valence-electron chi connectivity index (χ0n) is 15.5. The molecule has 0 unspecified atom stereocenters. The fourth-order valence-corrected chi connectivity index (χ4v) is 4.11. The van der Waals surface area contributed by atoms with Gasteiger partial charge in [0, 0.05) is 19.3 Å². The number of oxime groups is 1. The minimum absolute atomic E-state index is 0. The van der Waals surface area contributed by atoms with Gasteiger partial charge in [0.15, 0.2) is 0 Å². The maximum absolute atomic E-state index is 12.7. The van der Waals surface area contributed by atoms with Crippen LogP contribution < -0.4 is 10.6 Å². The standard InChI is InChI=1S/C20H27N3O3.ClH/c24-19(17-13-20(26-23-17)9-11-21-12-10-20)22-16-7-4-8-18(16)25-14-15-5-2-1-3-6-15;/h1-3,5-6,16,18,21H,4,7-14H2,(H,22,24);1H/t16-,18-;/m1./s1. The largest absolute Gasteiger partial charge is 0.388 e. The third-order valence-corrected chi connectivity index (χ3v) is 5.69. The lowest BCUT2D eigenvalue weighted by atomic mass is 9.87. The molecule has 1 amide bonds. The van der Waals surface area contributed by atoms with Crippen molar-refractivity contribution < 1.29 is 14.4 Å². The maximum atomic E-state index is 12.7. The Bertz CT molecular complexity index is 662. The Morgan fingerprint density at radius 3 is 2.81 bits per heavy atom. The summed E-state index contributed by atoms with van der Waals surface area (Å²) < 4.78 is 6.08. The number of amides is 1. The van der Waals surface area contributed by atoms with Crippen LogP contribution in [0.25, 0.3) is 0 Å². The van der Waals surface area contributed by atoms with Crippen molar-refractivity contribution in [2.75, 3.05) is 13.1 Å². The molecule has 1 aromatic rings. The SMILES string of the molecule is Cl.O=C(N[C@@H]1CCC[C@H]1OCc1ccccc1)C1=NOC2(CCNCC2)C1. The molecular weight excluding hydrogens is 366 g/mol. The van der Waals surface area contributed by atoms with Gasteiger partial charge in [0.1, 0.15) is 11.3 Å². The molecule has 1 aromatic carbocycles. The van der Waals surface area contributed by atoms with Gasteiger partial charge in [0.25, 0.3) is 5.91 Å². The molecule has 1 spiro atoms. The number of carbonyl (C=O) groups excluding carboxylic acids is 1. The van der Waals surface area contributed by atoms with Crippen LogP contribution in [0.1, 0.15) is 44.1 Å². The number of halogens is 1. The molecule has 7 heteroatoms. The Morgan fingerprint density at radius 2 is 2.04 bits per heavy atom. The topological polar surface area (TPSA) is 72.0 Å².